The van der Waals surface area contributed by atoms with Crippen molar-refractivity contribution < 1.29 is 38.0 Å². The summed E-state index contributed by atoms with van der Waals surface area (Å²) in [7, 11) is 0. The van der Waals surface area contributed by atoms with Crippen LogP contribution in [-0.2, 0) is 44.6 Å². The molecule has 0 fully saturated rings. The zero-order valence-electron chi connectivity index (χ0n) is 25.4. The minimum atomic E-state index is -0.466. The molecule has 0 aliphatic carbocycles. The highest BCUT2D eigenvalue weighted by Gasteiger charge is 2.15. The number of aryl methyl sites for hydroxylation is 1. The number of hydrogen-bond donors (Lipinski definition) is 0. The van der Waals surface area contributed by atoms with Crippen LogP contribution in [0.5, 0.6) is 0 Å². The first-order valence-electron chi connectivity index (χ1n) is 14.4. The van der Waals surface area contributed by atoms with E-state index in [-0.39, 0.29) is 30.4 Å². The lowest BCUT2D eigenvalue weighted by atomic mass is 10.3. The van der Waals surface area contributed by atoms with Crippen molar-refractivity contribution in [2.24, 2.45) is 0 Å². The maximum atomic E-state index is 12.5. The van der Waals surface area contributed by atoms with Crippen molar-refractivity contribution in [3.63, 3.8) is 0 Å². The van der Waals surface area contributed by atoms with Gasteiger partial charge in [-0.05, 0) is 47.1 Å². The molecule has 0 N–H and O–H groups in total. The lowest BCUT2D eigenvalue weighted by molar-refractivity contribution is -0.153. The standard InChI is InChI=1S/C30H51N3O8/c1-7-18-36-20-25(3)39-23-28(6)41-30(35)11-16-32(13-9-14-33-17-12-31-24-33)15-10-19-37-21-26(4)38-22-27(5)40-29(34)8-2/h7-8,12,17,24-28H,1-2,9-11,13-16,18-23H2,3-6H3. The van der Waals surface area contributed by atoms with Gasteiger partial charge in [0.05, 0.1) is 58.0 Å². The molecule has 0 saturated carbocycles. The third kappa shape index (κ3) is 20.0. The number of hydrogen-bond acceptors (Lipinski definition) is 10. The second-order valence-corrected chi connectivity index (χ2v) is 10.0. The number of ether oxygens (including phenoxy) is 6. The summed E-state index contributed by atoms with van der Waals surface area (Å²) in [5.41, 5.74) is 0. The highest BCUT2D eigenvalue weighted by molar-refractivity contribution is 5.81. The van der Waals surface area contributed by atoms with Gasteiger partial charge < -0.3 is 37.9 Å². The number of nitrogens with zero attached hydrogens (tertiary/aromatic N) is 3. The summed E-state index contributed by atoms with van der Waals surface area (Å²) in [6.07, 6.45) is 9.47. The molecule has 0 aliphatic rings. The second kappa shape index (κ2) is 23.0. The summed E-state index contributed by atoms with van der Waals surface area (Å²) in [6, 6.07) is 0. The molecule has 0 aliphatic heterocycles. The lowest BCUT2D eigenvalue weighted by Gasteiger charge is -2.23. The molecule has 1 rings (SSSR count). The van der Waals surface area contributed by atoms with E-state index < -0.39 is 5.97 Å². The molecule has 1 aromatic rings. The van der Waals surface area contributed by atoms with Gasteiger partial charge in [0.2, 0.25) is 0 Å². The van der Waals surface area contributed by atoms with Gasteiger partial charge in [-0.25, -0.2) is 9.78 Å². The first kappa shape index (κ1) is 36.5. The Morgan fingerprint density at radius 3 is 2.17 bits per heavy atom. The van der Waals surface area contributed by atoms with E-state index in [9.17, 15) is 9.59 Å². The highest BCUT2D eigenvalue weighted by atomic mass is 16.6. The summed E-state index contributed by atoms with van der Waals surface area (Å²) >= 11 is 0. The second-order valence-electron chi connectivity index (χ2n) is 10.0. The molecule has 1 heterocycles. The third-order valence-electron chi connectivity index (χ3n) is 5.83. The van der Waals surface area contributed by atoms with Gasteiger partial charge in [-0.1, -0.05) is 12.7 Å². The smallest absolute Gasteiger partial charge is 0.330 e. The maximum absolute atomic E-state index is 12.5. The van der Waals surface area contributed by atoms with Crippen LogP contribution >= 0.6 is 0 Å². The van der Waals surface area contributed by atoms with E-state index in [0.717, 1.165) is 38.6 Å². The largest absolute Gasteiger partial charge is 0.460 e. The number of esters is 2. The van der Waals surface area contributed by atoms with Crippen LogP contribution in [0, 0.1) is 0 Å². The molecule has 11 heteroatoms. The summed E-state index contributed by atoms with van der Waals surface area (Å²) in [5.74, 6) is -0.710. The molecule has 0 spiro atoms. The predicted octanol–water partition coefficient (Wildman–Crippen LogP) is 3.43. The Balaban J connectivity index is 2.34. The molecule has 0 aromatic carbocycles. The molecule has 0 bridgehead atoms. The fourth-order valence-electron chi connectivity index (χ4n) is 3.73. The average molecular weight is 582 g/mol. The van der Waals surface area contributed by atoms with E-state index in [0.29, 0.717) is 52.6 Å². The van der Waals surface area contributed by atoms with Crippen LogP contribution in [0.2, 0.25) is 0 Å². The molecular weight excluding hydrogens is 530 g/mol. The Morgan fingerprint density at radius 2 is 1.54 bits per heavy atom. The number of carbonyl (C=O) groups excluding carboxylic acids is 2. The normalized spacial score (nSPS) is 14.3. The Labute approximate surface area is 245 Å². The molecule has 1 aromatic heterocycles. The van der Waals surface area contributed by atoms with Crippen molar-refractivity contribution >= 4 is 11.9 Å². The van der Waals surface area contributed by atoms with Gasteiger partial charge in [-0.15, -0.1) is 6.58 Å². The quantitative estimate of drug-likeness (QED) is 0.0698. The van der Waals surface area contributed by atoms with Crippen LogP contribution in [0.1, 0.15) is 47.0 Å². The van der Waals surface area contributed by atoms with Crippen molar-refractivity contribution in [2.75, 3.05) is 59.3 Å². The molecule has 0 saturated heterocycles. The van der Waals surface area contributed by atoms with Crippen molar-refractivity contribution in [1.29, 1.82) is 0 Å². The molecular formula is C30H51N3O8. The summed E-state index contributed by atoms with van der Waals surface area (Å²) in [5, 5.41) is 0. The number of aromatic nitrogens is 2. The van der Waals surface area contributed by atoms with E-state index >= 15 is 0 Å². The minimum absolute atomic E-state index is 0.0931. The zero-order chi connectivity index (χ0) is 30.3. The fourth-order valence-corrected chi connectivity index (χ4v) is 3.73. The lowest BCUT2D eigenvalue weighted by Crippen LogP contribution is -2.32. The van der Waals surface area contributed by atoms with Crippen molar-refractivity contribution in [2.45, 2.75) is 77.9 Å². The van der Waals surface area contributed by atoms with Crippen molar-refractivity contribution in [1.82, 2.24) is 14.5 Å². The molecule has 4 atom stereocenters. The molecule has 234 valence electrons. The van der Waals surface area contributed by atoms with Gasteiger partial charge >= 0.3 is 11.9 Å². The zero-order valence-corrected chi connectivity index (χ0v) is 25.4. The molecule has 0 radical (unpaired) electrons. The van der Waals surface area contributed by atoms with Crippen LogP contribution in [0.3, 0.4) is 0 Å². The fraction of sp³-hybridized carbons (Fsp3) is 0.700. The average Bonchev–Trinajstić information content (AvgIpc) is 3.46. The summed E-state index contributed by atoms with van der Waals surface area (Å²) in [4.78, 5) is 30.1. The van der Waals surface area contributed by atoms with Crippen LogP contribution in [0.4, 0.5) is 0 Å². The molecule has 4 unspecified atom stereocenters. The van der Waals surface area contributed by atoms with Gasteiger partial charge in [0, 0.05) is 44.7 Å². The monoisotopic (exact) mass is 581 g/mol. The summed E-state index contributed by atoms with van der Waals surface area (Å²) < 4.78 is 35.2. The minimum Gasteiger partial charge on any atom is -0.460 e. The number of rotatable bonds is 26. The first-order valence-corrected chi connectivity index (χ1v) is 14.4. The van der Waals surface area contributed by atoms with E-state index in [1.807, 2.05) is 31.5 Å². The van der Waals surface area contributed by atoms with Gasteiger partial charge in [0.1, 0.15) is 12.2 Å². The van der Waals surface area contributed by atoms with E-state index in [1.54, 1.807) is 25.5 Å². The predicted molar refractivity (Wildman–Crippen MR) is 156 cm³/mol. The Morgan fingerprint density at radius 1 is 0.878 bits per heavy atom. The van der Waals surface area contributed by atoms with Crippen LogP contribution in [0.25, 0.3) is 0 Å². The van der Waals surface area contributed by atoms with Gasteiger partial charge in [0.25, 0.3) is 0 Å². The van der Waals surface area contributed by atoms with E-state index in [1.165, 1.54) is 0 Å². The first-order chi connectivity index (χ1) is 19.7. The Bertz CT molecular complexity index is 836. The van der Waals surface area contributed by atoms with Gasteiger partial charge in [-0.3, -0.25) is 4.79 Å². The Kier molecular flexibility index (Phi) is 20.5. The van der Waals surface area contributed by atoms with Gasteiger partial charge in [0.15, 0.2) is 0 Å². The topological polar surface area (TPSA) is 111 Å². The molecule has 11 nitrogen and oxygen atoms in total. The van der Waals surface area contributed by atoms with Crippen molar-refractivity contribution in [3.05, 3.63) is 44.0 Å². The molecule has 41 heavy (non-hydrogen) atoms. The van der Waals surface area contributed by atoms with Crippen LogP contribution in [0.15, 0.2) is 44.0 Å². The molecule has 0 amide bonds. The number of carbonyl (C=O) groups is 2. The number of imidazole rings is 1. The van der Waals surface area contributed by atoms with E-state index in [4.69, 9.17) is 28.4 Å². The third-order valence-corrected chi connectivity index (χ3v) is 5.83. The van der Waals surface area contributed by atoms with E-state index in [2.05, 4.69) is 23.0 Å². The SMILES string of the molecule is C=CCOCC(C)OCC(C)OC(=O)CCN(CCCOCC(C)OCC(C)OC(=O)C=C)CCCn1ccnc1. The van der Waals surface area contributed by atoms with Crippen LogP contribution in [-0.4, -0.2) is 110 Å². The van der Waals surface area contributed by atoms with Crippen LogP contribution < -0.4 is 0 Å². The Hall–Kier alpha value is -2.57. The van der Waals surface area contributed by atoms with Crippen molar-refractivity contribution in [3.8, 4) is 0 Å². The van der Waals surface area contributed by atoms with Gasteiger partial charge in [-0.2, -0.15) is 0 Å². The summed E-state index contributed by atoms with van der Waals surface area (Å²) in [6.45, 7) is 20.1. The highest BCUT2D eigenvalue weighted by Crippen LogP contribution is 2.05. The maximum Gasteiger partial charge on any atom is 0.330 e.